The highest BCUT2D eigenvalue weighted by molar-refractivity contribution is 4.66. The second-order valence-corrected chi connectivity index (χ2v) is 2.97. The van der Waals surface area contributed by atoms with E-state index in [9.17, 15) is 0 Å². The van der Waals surface area contributed by atoms with Gasteiger partial charge in [0.15, 0.2) is 0 Å². The van der Waals surface area contributed by atoms with Crippen LogP contribution in [0, 0.1) is 0 Å². The zero-order chi connectivity index (χ0) is 8.10. The average molecular weight is 159 g/mol. The van der Waals surface area contributed by atoms with Crippen LogP contribution in [-0.4, -0.2) is 51.0 Å². The molecule has 1 atom stereocenters. The number of rotatable bonds is 3. The van der Waals surface area contributed by atoms with E-state index in [1.165, 1.54) is 0 Å². The van der Waals surface area contributed by atoms with Crippen LogP contribution in [-0.2, 0) is 9.47 Å². The van der Waals surface area contributed by atoms with Gasteiger partial charge in [-0.15, -0.1) is 0 Å². The molecule has 0 aliphatic carbocycles. The highest BCUT2D eigenvalue weighted by atomic mass is 16.5. The maximum atomic E-state index is 5.41. The van der Waals surface area contributed by atoms with E-state index in [0.29, 0.717) is 6.10 Å². The molecule has 0 bridgehead atoms. The number of hydrogen-bond acceptors (Lipinski definition) is 3. The lowest BCUT2D eigenvalue weighted by Crippen LogP contribution is -2.42. The Bertz CT molecular complexity index is 108. The van der Waals surface area contributed by atoms with Crippen LogP contribution in [0.2, 0.25) is 0 Å². The normalized spacial score (nSPS) is 27.3. The summed E-state index contributed by atoms with van der Waals surface area (Å²) in [6.45, 7) is 6.93. The zero-order valence-corrected chi connectivity index (χ0v) is 7.38. The summed E-state index contributed by atoms with van der Waals surface area (Å²) in [4.78, 5) is 2.37. The van der Waals surface area contributed by atoms with Crippen LogP contribution in [0.3, 0.4) is 0 Å². The Morgan fingerprint density at radius 2 is 2.45 bits per heavy atom. The van der Waals surface area contributed by atoms with E-state index in [2.05, 4.69) is 11.8 Å². The summed E-state index contributed by atoms with van der Waals surface area (Å²) < 4.78 is 10.4. The predicted octanol–water partition coefficient (Wildman–Crippen LogP) is 0.354. The molecule has 3 heteroatoms. The summed E-state index contributed by atoms with van der Waals surface area (Å²) in [6, 6.07) is 0. The molecule has 0 aromatic heterocycles. The summed E-state index contributed by atoms with van der Waals surface area (Å²) in [5.41, 5.74) is 0. The highest BCUT2D eigenvalue weighted by Gasteiger charge is 2.15. The zero-order valence-electron chi connectivity index (χ0n) is 7.38. The first-order valence-electron chi connectivity index (χ1n) is 4.16. The number of nitrogens with zero attached hydrogens (tertiary/aromatic N) is 1. The quantitative estimate of drug-likeness (QED) is 0.593. The van der Waals surface area contributed by atoms with Gasteiger partial charge < -0.3 is 9.47 Å². The molecule has 1 rings (SSSR count). The molecule has 0 spiro atoms. The Morgan fingerprint density at radius 3 is 3.09 bits per heavy atom. The van der Waals surface area contributed by atoms with Crippen molar-refractivity contribution in [3.63, 3.8) is 0 Å². The van der Waals surface area contributed by atoms with Crippen molar-refractivity contribution in [2.45, 2.75) is 13.0 Å². The lowest BCUT2D eigenvalue weighted by molar-refractivity contribution is -0.0244. The summed E-state index contributed by atoms with van der Waals surface area (Å²) in [5, 5.41) is 0. The van der Waals surface area contributed by atoms with Gasteiger partial charge in [-0.3, -0.25) is 4.90 Å². The van der Waals surface area contributed by atoms with E-state index in [0.717, 1.165) is 32.8 Å². The maximum Gasteiger partial charge on any atom is 0.0674 e. The van der Waals surface area contributed by atoms with Crippen molar-refractivity contribution in [1.29, 1.82) is 0 Å². The van der Waals surface area contributed by atoms with Crippen LogP contribution in [0.25, 0.3) is 0 Å². The van der Waals surface area contributed by atoms with Crippen molar-refractivity contribution in [1.82, 2.24) is 4.90 Å². The molecule has 1 aliphatic heterocycles. The molecule has 1 saturated heterocycles. The van der Waals surface area contributed by atoms with Crippen LogP contribution in [0.15, 0.2) is 0 Å². The van der Waals surface area contributed by atoms with Gasteiger partial charge in [0.05, 0.1) is 19.3 Å². The van der Waals surface area contributed by atoms with Crippen LogP contribution >= 0.6 is 0 Å². The first kappa shape index (κ1) is 8.97. The van der Waals surface area contributed by atoms with Crippen molar-refractivity contribution in [2.75, 3.05) is 40.0 Å². The minimum atomic E-state index is 0.389. The number of morpholine rings is 1. The monoisotopic (exact) mass is 159 g/mol. The fraction of sp³-hybridized carbons (Fsp3) is 1.00. The van der Waals surface area contributed by atoms with Gasteiger partial charge >= 0.3 is 0 Å². The number of hydrogen-bond donors (Lipinski definition) is 0. The molecule has 0 amide bonds. The van der Waals surface area contributed by atoms with E-state index in [4.69, 9.17) is 9.47 Å². The van der Waals surface area contributed by atoms with Gasteiger partial charge in [0.25, 0.3) is 0 Å². The van der Waals surface area contributed by atoms with E-state index in [-0.39, 0.29) is 0 Å². The molecule has 0 saturated carbocycles. The van der Waals surface area contributed by atoms with Gasteiger partial charge in [-0.25, -0.2) is 0 Å². The van der Waals surface area contributed by atoms with Crippen LogP contribution < -0.4 is 0 Å². The van der Waals surface area contributed by atoms with Gasteiger partial charge in [-0.05, 0) is 6.92 Å². The summed E-state index contributed by atoms with van der Waals surface area (Å²) in [6.07, 6.45) is 0.389. The molecule has 0 aromatic carbocycles. The van der Waals surface area contributed by atoms with Gasteiger partial charge in [0.2, 0.25) is 0 Å². The summed E-state index contributed by atoms with van der Waals surface area (Å²) in [5.74, 6) is 0. The highest BCUT2D eigenvalue weighted by Crippen LogP contribution is 2.02. The Kier molecular flexibility index (Phi) is 3.83. The fourth-order valence-electron chi connectivity index (χ4n) is 1.31. The fourth-order valence-corrected chi connectivity index (χ4v) is 1.31. The van der Waals surface area contributed by atoms with Crippen LogP contribution in [0.5, 0.6) is 0 Å². The second-order valence-electron chi connectivity index (χ2n) is 2.97. The van der Waals surface area contributed by atoms with E-state index in [1.807, 2.05) is 0 Å². The largest absolute Gasteiger partial charge is 0.383 e. The van der Waals surface area contributed by atoms with E-state index in [1.54, 1.807) is 7.11 Å². The third-order valence-corrected chi connectivity index (χ3v) is 1.94. The standard InChI is InChI=1S/C8H17NO2/c1-8-7-9(3-5-10-2)4-6-11-8/h8H,3-7H2,1-2H3. The van der Waals surface area contributed by atoms with Gasteiger partial charge in [-0.1, -0.05) is 0 Å². The molecule has 0 radical (unpaired) electrons. The molecule has 1 fully saturated rings. The van der Waals surface area contributed by atoms with E-state index < -0.39 is 0 Å². The van der Waals surface area contributed by atoms with Crippen LogP contribution in [0.4, 0.5) is 0 Å². The number of methoxy groups -OCH3 is 1. The molecule has 3 nitrogen and oxygen atoms in total. The molecular formula is C8H17NO2. The van der Waals surface area contributed by atoms with Crippen molar-refractivity contribution in [3.8, 4) is 0 Å². The van der Waals surface area contributed by atoms with Gasteiger partial charge in [0, 0.05) is 26.7 Å². The first-order valence-corrected chi connectivity index (χ1v) is 4.16. The second kappa shape index (κ2) is 4.70. The minimum Gasteiger partial charge on any atom is -0.383 e. The van der Waals surface area contributed by atoms with Crippen molar-refractivity contribution in [3.05, 3.63) is 0 Å². The Balaban J connectivity index is 2.12. The molecule has 11 heavy (non-hydrogen) atoms. The molecule has 0 N–H and O–H groups in total. The summed E-state index contributed by atoms with van der Waals surface area (Å²) in [7, 11) is 1.74. The van der Waals surface area contributed by atoms with Crippen LogP contribution in [0.1, 0.15) is 6.92 Å². The van der Waals surface area contributed by atoms with Gasteiger partial charge in [0.1, 0.15) is 0 Å². The van der Waals surface area contributed by atoms with Crippen molar-refractivity contribution >= 4 is 0 Å². The van der Waals surface area contributed by atoms with Crippen molar-refractivity contribution < 1.29 is 9.47 Å². The Hall–Kier alpha value is -0.120. The van der Waals surface area contributed by atoms with E-state index >= 15 is 0 Å². The maximum absolute atomic E-state index is 5.41. The smallest absolute Gasteiger partial charge is 0.0674 e. The predicted molar refractivity (Wildman–Crippen MR) is 43.7 cm³/mol. The molecule has 0 aromatic rings. The summed E-state index contributed by atoms with van der Waals surface area (Å²) >= 11 is 0. The lowest BCUT2D eigenvalue weighted by Gasteiger charge is -2.30. The SMILES string of the molecule is COCCN1CCOC(C)C1. The third kappa shape index (κ3) is 3.18. The lowest BCUT2D eigenvalue weighted by atomic mass is 10.3. The molecule has 66 valence electrons. The average Bonchev–Trinajstić information content (AvgIpc) is 2.01. The molecule has 1 aliphatic rings. The Labute approximate surface area is 68.3 Å². The van der Waals surface area contributed by atoms with Gasteiger partial charge in [-0.2, -0.15) is 0 Å². The minimum absolute atomic E-state index is 0.389. The topological polar surface area (TPSA) is 21.7 Å². The molecule has 1 heterocycles. The van der Waals surface area contributed by atoms with Crippen molar-refractivity contribution in [2.24, 2.45) is 0 Å². The Morgan fingerprint density at radius 1 is 1.64 bits per heavy atom. The third-order valence-electron chi connectivity index (χ3n) is 1.94. The first-order chi connectivity index (χ1) is 5.33. The number of ether oxygens (including phenoxy) is 2. The molecule has 1 unspecified atom stereocenters. The molecular weight excluding hydrogens is 142 g/mol.